The van der Waals surface area contributed by atoms with Gasteiger partial charge in [-0.1, -0.05) is 0 Å². The zero-order valence-corrected chi connectivity index (χ0v) is 12.1. The zero-order chi connectivity index (χ0) is 13.7. The summed E-state index contributed by atoms with van der Waals surface area (Å²) in [6.45, 7) is 5.34. The summed E-state index contributed by atoms with van der Waals surface area (Å²) in [6, 6.07) is 0. The van der Waals surface area contributed by atoms with E-state index in [1.54, 1.807) is 0 Å². The molecule has 1 saturated carbocycles. The van der Waals surface area contributed by atoms with Crippen molar-refractivity contribution in [3.63, 3.8) is 0 Å². The van der Waals surface area contributed by atoms with Gasteiger partial charge in [0.25, 0.3) is 0 Å². The minimum Gasteiger partial charge on any atom is -0.378 e. The molecule has 0 unspecified atom stereocenters. The molecule has 0 spiro atoms. The first-order chi connectivity index (χ1) is 9.24. The van der Waals surface area contributed by atoms with Gasteiger partial charge in [0.1, 0.15) is 0 Å². The number of piperidine rings is 1. The molecule has 0 bridgehead atoms. The topological polar surface area (TPSA) is 55.6 Å². The van der Waals surface area contributed by atoms with Gasteiger partial charge in [0, 0.05) is 25.6 Å². The van der Waals surface area contributed by atoms with Crippen LogP contribution in [0.15, 0.2) is 0 Å². The number of nitrogens with zero attached hydrogens (tertiary/aromatic N) is 1. The summed E-state index contributed by atoms with van der Waals surface area (Å²) in [5.74, 6) is 1.28. The molecule has 4 nitrogen and oxygen atoms in total. The quantitative estimate of drug-likeness (QED) is 0.845. The second-order valence-corrected chi connectivity index (χ2v) is 5.93. The summed E-state index contributed by atoms with van der Waals surface area (Å²) >= 11 is 0. The van der Waals surface area contributed by atoms with Crippen LogP contribution in [0.2, 0.25) is 0 Å². The molecule has 110 valence electrons. The van der Waals surface area contributed by atoms with Crippen molar-refractivity contribution < 1.29 is 9.53 Å². The van der Waals surface area contributed by atoms with Gasteiger partial charge in [-0.2, -0.15) is 0 Å². The lowest BCUT2D eigenvalue weighted by Gasteiger charge is -2.36. The van der Waals surface area contributed by atoms with Crippen LogP contribution in [0.1, 0.15) is 45.4 Å². The lowest BCUT2D eigenvalue weighted by Crippen LogP contribution is -2.44. The molecule has 0 atom stereocenters. The summed E-state index contributed by atoms with van der Waals surface area (Å²) in [5, 5.41) is 0. The van der Waals surface area contributed by atoms with E-state index in [4.69, 9.17) is 10.5 Å². The number of amides is 1. The van der Waals surface area contributed by atoms with Crippen LogP contribution in [0.3, 0.4) is 0 Å². The maximum absolute atomic E-state index is 12.5. The normalized spacial score (nSPS) is 29.5. The van der Waals surface area contributed by atoms with Crippen LogP contribution >= 0.6 is 0 Å². The highest BCUT2D eigenvalue weighted by Gasteiger charge is 2.31. The molecule has 2 N–H and O–H groups in total. The van der Waals surface area contributed by atoms with Gasteiger partial charge in [-0.3, -0.25) is 4.79 Å². The van der Waals surface area contributed by atoms with E-state index in [1.165, 1.54) is 0 Å². The minimum absolute atomic E-state index is 0.256. The van der Waals surface area contributed by atoms with Crippen molar-refractivity contribution in [1.29, 1.82) is 0 Å². The van der Waals surface area contributed by atoms with Crippen molar-refractivity contribution in [2.75, 3.05) is 26.2 Å². The Morgan fingerprint density at radius 1 is 1.16 bits per heavy atom. The molecular formula is C15H28N2O2. The van der Waals surface area contributed by atoms with Crippen molar-refractivity contribution in [3.05, 3.63) is 0 Å². The van der Waals surface area contributed by atoms with Gasteiger partial charge >= 0.3 is 0 Å². The smallest absolute Gasteiger partial charge is 0.225 e. The standard InChI is InChI=1S/C15H28N2O2/c1-2-19-14-7-9-17(10-8-14)15(18)13-5-3-12(11-16)4-6-13/h12-14H,2-11,16H2,1H3. The van der Waals surface area contributed by atoms with E-state index in [-0.39, 0.29) is 5.92 Å². The number of hydrogen-bond acceptors (Lipinski definition) is 3. The van der Waals surface area contributed by atoms with Crippen molar-refractivity contribution in [1.82, 2.24) is 4.90 Å². The average Bonchev–Trinajstić information content (AvgIpc) is 2.48. The van der Waals surface area contributed by atoms with E-state index in [1.807, 2.05) is 6.92 Å². The number of nitrogens with two attached hydrogens (primary N) is 1. The molecule has 1 aliphatic carbocycles. The van der Waals surface area contributed by atoms with Gasteiger partial charge in [0.15, 0.2) is 0 Å². The maximum Gasteiger partial charge on any atom is 0.225 e. The molecule has 0 aromatic heterocycles. The third kappa shape index (κ3) is 3.93. The predicted molar refractivity (Wildman–Crippen MR) is 75.7 cm³/mol. The monoisotopic (exact) mass is 268 g/mol. The van der Waals surface area contributed by atoms with Gasteiger partial charge in [-0.05, 0) is 57.9 Å². The average molecular weight is 268 g/mol. The van der Waals surface area contributed by atoms with Crippen molar-refractivity contribution >= 4 is 5.91 Å². The van der Waals surface area contributed by atoms with E-state index in [0.29, 0.717) is 17.9 Å². The number of carbonyl (C=O) groups is 1. The first-order valence-electron chi connectivity index (χ1n) is 7.85. The number of ether oxygens (including phenoxy) is 1. The first-order valence-corrected chi connectivity index (χ1v) is 7.85. The molecule has 1 saturated heterocycles. The Balaban J connectivity index is 1.75. The zero-order valence-electron chi connectivity index (χ0n) is 12.1. The van der Waals surface area contributed by atoms with Crippen LogP contribution in [0.25, 0.3) is 0 Å². The van der Waals surface area contributed by atoms with E-state index in [9.17, 15) is 4.79 Å². The Kier molecular flexibility index (Phi) is 5.64. The fourth-order valence-corrected chi connectivity index (χ4v) is 3.38. The van der Waals surface area contributed by atoms with E-state index >= 15 is 0 Å². The van der Waals surface area contributed by atoms with Crippen LogP contribution in [0.5, 0.6) is 0 Å². The molecule has 1 heterocycles. The number of likely N-dealkylation sites (tertiary alicyclic amines) is 1. The predicted octanol–water partition coefficient (Wildman–Crippen LogP) is 1.78. The second-order valence-electron chi connectivity index (χ2n) is 5.93. The van der Waals surface area contributed by atoms with Crippen LogP contribution in [0, 0.1) is 11.8 Å². The number of hydrogen-bond donors (Lipinski definition) is 1. The third-order valence-corrected chi connectivity index (χ3v) is 4.69. The molecule has 0 radical (unpaired) electrons. The molecule has 1 aliphatic heterocycles. The molecular weight excluding hydrogens is 240 g/mol. The SMILES string of the molecule is CCOC1CCN(C(=O)C2CCC(CN)CC2)CC1. The highest BCUT2D eigenvalue weighted by Crippen LogP contribution is 2.30. The van der Waals surface area contributed by atoms with Crippen molar-refractivity contribution in [3.8, 4) is 0 Å². The van der Waals surface area contributed by atoms with Crippen LogP contribution in [-0.2, 0) is 9.53 Å². The van der Waals surface area contributed by atoms with E-state index in [0.717, 1.165) is 64.8 Å². The largest absolute Gasteiger partial charge is 0.378 e. The fraction of sp³-hybridized carbons (Fsp3) is 0.933. The molecule has 2 aliphatic rings. The molecule has 0 aromatic carbocycles. The molecule has 2 fully saturated rings. The third-order valence-electron chi connectivity index (χ3n) is 4.69. The lowest BCUT2D eigenvalue weighted by molar-refractivity contribution is -0.139. The van der Waals surface area contributed by atoms with Gasteiger partial charge in [0.05, 0.1) is 6.10 Å². The molecule has 19 heavy (non-hydrogen) atoms. The van der Waals surface area contributed by atoms with Gasteiger partial charge in [0.2, 0.25) is 5.91 Å². The number of carbonyl (C=O) groups excluding carboxylic acids is 1. The minimum atomic E-state index is 0.256. The summed E-state index contributed by atoms with van der Waals surface area (Å²) in [7, 11) is 0. The second kappa shape index (κ2) is 7.25. The van der Waals surface area contributed by atoms with Crippen molar-refractivity contribution in [2.24, 2.45) is 17.6 Å². The molecule has 2 rings (SSSR count). The maximum atomic E-state index is 12.5. The summed E-state index contributed by atoms with van der Waals surface area (Å²) in [5.41, 5.74) is 5.70. The molecule has 1 amide bonds. The highest BCUT2D eigenvalue weighted by atomic mass is 16.5. The highest BCUT2D eigenvalue weighted by molar-refractivity contribution is 5.79. The van der Waals surface area contributed by atoms with Crippen molar-refractivity contribution in [2.45, 2.75) is 51.6 Å². The van der Waals surface area contributed by atoms with Gasteiger partial charge in [-0.25, -0.2) is 0 Å². The Labute approximate surface area is 116 Å². The molecule has 0 aromatic rings. The summed E-state index contributed by atoms with van der Waals surface area (Å²) in [4.78, 5) is 14.5. The Morgan fingerprint density at radius 2 is 1.79 bits per heavy atom. The number of rotatable bonds is 4. The van der Waals surface area contributed by atoms with E-state index < -0.39 is 0 Å². The Morgan fingerprint density at radius 3 is 2.32 bits per heavy atom. The van der Waals surface area contributed by atoms with Crippen LogP contribution < -0.4 is 5.73 Å². The van der Waals surface area contributed by atoms with E-state index in [2.05, 4.69) is 4.90 Å². The first kappa shape index (κ1) is 14.8. The fourth-order valence-electron chi connectivity index (χ4n) is 3.38. The van der Waals surface area contributed by atoms with Crippen LogP contribution in [0.4, 0.5) is 0 Å². The lowest BCUT2D eigenvalue weighted by atomic mass is 9.81. The summed E-state index contributed by atoms with van der Waals surface area (Å²) < 4.78 is 5.63. The van der Waals surface area contributed by atoms with Gasteiger partial charge < -0.3 is 15.4 Å². The Bertz CT molecular complexity index is 280. The molecule has 4 heteroatoms. The van der Waals surface area contributed by atoms with Crippen LogP contribution in [-0.4, -0.2) is 43.2 Å². The Hall–Kier alpha value is -0.610. The van der Waals surface area contributed by atoms with Gasteiger partial charge in [-0.15, -0.1) is 0 Å². The summed E-state index contributed by atoms with van der Waals surface area (Å²) in [6.07, 6.45) is 6.68.